The maximum absolute atomic E-state index is 14.2. The molecule has 5 nitrogen and oxygen atoms in total. The standard InChI is InChI=1S/C14H19FN4OS/c1-8(2)19-13(20)17-18-14(19)21-12-10(9(3)16-4)6-5-7-11(12)15/h5-9,16H,1-4H3,(H,17,20). The van der Waals surface area contributed by atoms with Crippen molar-refractivity contribution in [2.75, 3.05) is 7.05 Å². The maximum Gasteiger partial charge on any atom is 0.344 e. The van der Waals surface area contributed by atoms with Crippen molar-refractivity contribution in [3.8, 4) is 0 Å². The number of nitrogens with one attached hydrogen (secondary N) is 2. The van der Waals surface area contributed by atoms with Gasteiger partial charge in [0, 0.05) is 12.1 Å². The van der Waals surface area contributed by atoms with Gasteiger partial charge in [-0.2, -0.15) is 0 Å². The number of aromatic nitrogens is 3. The Balaban J connectivity index is 2.47. The first-order chi connectivity index (χ1) is 9.95. The quantitative estimate of drug-likeness (QED) is 0.891. The topological polar surface area (TPSA) is 62.7 Å². The summed E-state index contributed by atoms with van der Waals surface area (Å²) in [5.41, 5.74) is 0.556. The lowest BCUT2D eigenvalue weighted by Crippen LogP contribution is -2.19. The highest BCUT2D eigenvalue weighted by molar-refractivity contribution is 7.99. The van der Waals surface area contributed by atoms with Crippen LogP contribution < -0.4 is 11.0 Å². The number of rotatable bonds is 5. The minimum Gasteiger partial charge on any atom is -0.313 e. The highest BCUT2D eigenvalue weighted by Crippen LogP contribution is 2.34. The SMILES string of the molecule is CNC(C)c1cccc(F)c1Sc1n[nH]c(=O)n1C(C)C. The second-order valence-corrected chi connectivity index (χ2v) is 6.02. The molecule has 0 bridgehead atoms. The lowest BCUT2D eigenvalue weighted by Gasteiger charge is -2.16. The van der Waals surface area contributed by atoms with Gasteiger partial charge in [-0.25, -0.2) is 14.3 Å². The number of benzene rings is 1. The van der Waals surface area contributed by atoms with Crippen LogP contribution in [0.15, 0.2) is 33.0 Å². The third-order valence-electron chi connectivity index (χ3n) is 3.28. The van der Waals surface area contributed by atoms with E-state index in [1.807, 2.05) is 33.9 Å². The van der Waals surface area contributed by atoms with Gasteiger partial charge < -0.3 is 5.32 Å². The normalized spacial score (nSPS) is 12.9. The second kappa shape index (κ2) is 6.44. The largest absolute Gasteiger partial charge is 0.344 e. The molecule has 0 saturated heterocycles. The van der Waals surface area contributed by atoms with E-state index in [1.54, 1.807) is 6.07 Å². The summed E-state index contributed by atoms with van der Waals surface area (Å²) < 4.78 is 15.7. The number of nitrogens with zero attached hydrogens (tertiary/aromatic N) is 2. The number of aromatic amines is 1. The van der Waals surface area contributed by atoms with Crippen LogP contribution in [0.5, 0.6) is 0 Å². The lowest BCUT2D eigenvalue weighted by atomic mass is 10.1. The van der Waals surface area contributed by atoms with E-state index in [4.69, 9.17) is 0 Å². The average molecular weight is 310 g/mol. The summed E-state index contributed by atoms with van der Waals surface area (Å²) in [6, 6.07) is 4.93. The van der Waals surface area contributed by atoms with Crippen LogP contribution in [0.2, 0.25) is 0 Å². The molecule has 1 aromatic heterocycles. The van der Waals surface area contributed by atoms with Crippen molar-refractivity contribution in [1.29, 1.82) is 0 Å². The molecule has 0 spiro atoms. The number of hydrogen-bond acceptors (Lipinski definition) is 4. The molecule has 0 aliphatic heterocycles. The van der Waals surface area contributed by atoms with Crippen molar-refractivity contribution >= 4 is 11.8 Å². The fraction of sp³-hybridized carbons (Fsp3) is 0.429. The predicted octanol–water partition coefficient (Wildman–Crippen LogP) is 2.72. The Morgan fingerprint density at radius 1 is 1.38 bits per heavy atom. The molecule has 0 amide bonds. The van der Waals surface area contributed by atoms with E-state index in [1.165, 1.54) is 22.4 Å². The van der Waals surface area contributed by atoms with Crippen molar-refractivity contribution in [2.24, 2.45) is 0 Å². The van der Waals surface area contributed by atoms with Crippen molar-refractivity contribution in [3.63, 3.8) is 0 Å². The van der Waals surface area contributed by atoms with Crippen LogP contribution >= 0.6 is 11.8 Å². The van der Waals surface area contributed by atoms with E-state index >= 15 is 0 Å². The smallest absolute Gasteiger partial charge is 0.313 e. The molecule has 114 valence electrons. The van der Waals surface area contributed by atoms with Gasteiger partial charge in [0.15, 0.2) is 5.16 Å². The maximum atomic E-state index is 14.2. The Bertz CT molecular complexity index is 680. The molecule has 0 fully saturated rings. The van der Waals surface area contributed by atoms with E-state index in [-0.39, 0.29) is 23.6 Å². The fourth-order valence-electron chi connectivity index (χ4n) is 2.04. The van der Waals surface area contributed by atoms with Crippen LogP contribution in [0.3, 0.4) is 0 Å². The van der Waals surface area contributed by atoms with Gasteiger partial charge in [-0.1, -0.05) is 12.1 Å². The summed E-state index contributed by atoms with van der Waals surface area (Å²) in [7, 11) is 1.82. The monoisotopic (exact) mass is 310 g/mol. The Kier molecular flexibility index (Phi) is 4.84. The minimum atomic E-state index is -0.314. The van der Waals surface area contributed by atoms with E-state index in [9.17, 15) is 9.18 Å². The Morgan fingerprint density at radius 3 is 2.71 bits per heavy atom. The Morgan fingerprint density at radius 2 is 2.10 bits per heavy atom. The molecule has 0 radical (unpaired) electrons. The van der Waals surface area contributed by atoms with Crippen LogP contribution in [0.4, 0.5) is 4.39 Å². The minimum absolute atomic E-state index is 0.00126. The average Bonchev–Trinajstić information content (AvgIpc) is 2.81. The molecule has 2 aromatic rings. The first kappa shape index (κ1) is 15.8. The molecule has 0 aliphatic rings. The Labute approximate surface area is 127 Å². The van der Waals surface area contributed by atoms with Gasteiger partial charge in [0.2, 0.25) is 0 Å². The molecule has 7 heteroatoms. The van der Waals surface area contributed by atoms with Gasteiger partial charge in [0.1, 0.15) is 5.82 Å². The molecule has 0 aliphatic carbocycles. The van der Waals surface area contributed by atoms with Gasteiger partial charge in [0.25, 0.3) is 0 Å². The predicted molar refractivity (Wildman–Crippen MR) is 81.2 cm³/mol. The molecule has 1 heterocycles. The van der Waals surface area contributed by atoms with Crippen LogP contribution in [0.25, 0.3) is 0 Å². The van der Waals surface area contributed by atoms with E-state index in [0.29, 0.717) is 10.1 Å². The summed E-state index contributed by atoms with van der Waals surface area (Å²) in [6.07, 6.45) is 0. The van der Waals surface area contributed by atoms with Gasteiger partial charge in [-0.05, 0) is 51.2 Å². The number of hydrogen-bond donors (Lipinski definition) is 2. The van der Waals surface area contributed by atoms with Crippen LogP contribution in [0.1, 0.15) is 38.4 Å². The molecule has 1 atom stereocenters. The zero-order valence-corrected chi connectivity index (χ0v) is 13.3. The Hall–Kier alpha value is -1.60. The van der Waals surface area contributed by atoms with Crippen molar-refractivity contribution in [2.45, 2.75) is 42.9 Å². The van der Waals surface area contributed by atoms with Crippen LogP contribution in [-0.2, 0) is 0 Å². The zero-order chi connectivity index (χ0) is 15.6. The number of halogens is 1. The van der Waals surface area contributed by atoms with E-state index in [0.717, 1.165) is 5.56 Å². The zero-order valence-electron chi connectivity index (χ0n) is 12.5. The van der Waals surface area contributed by atoms with Crippen molar-refractivity contribution in [1.82, 2.24) is 20.1 Å². The summed E-state index contributed by atoms with van der Waals surface area (Å²) in [6.45, 7) is 5.73. The molecule has 2 rings (SSSR count). The molecule has 1 unspecified atom stereocenters. The van der Waals surface area contributed by atoms with Crippen LogP contribution in [-0.4, -0.2) is 21.8 Å². The first-order valence-corrected chi connectivity index (χ1v) is 7.57. The third kappa shape index (κ3) is 3.19. The van der Waals surface area contributed by atoms with Gasteiger partial charge >= 0.3 is 5.69 Å². The summed E-state index contributed by atoms with van der Waals surface area (Å²) in [4.78, 5) is 12.2. The molecule has 1 aromatic carbocycles. The lowest BCUT2D eigenvalue weighted by molar-refractivity contribution is 0.532. The van der Waals surface area contributed by atoms with E-state index < -0.39 is 0 Å². The van der Waals surface area contributed by atoms with Gasteiger partial charge in [-0.3, -0.25) is 4.57 Å². The summed E-state index contributed by atoms with van der Waals surface area (Å²) in [5, 5.41) is 9.98. The number of H-pyrrole nitrogens is 1. The van der Waals surface area contributed by atoms with E-state index in [2.05, 4.69) is 15.5 Å². The first-order valence-electron chi connectivity index (χ1n) is 6.76. The highest BCUT2D eigenvalue weighted by atomic mass is 32.2. The molecule has 2 N–H and O–H groups in total. The second-order valence-electron chi connectivity index (χ2n) is 5.05. The molecule has 0 saturated carbocycles. The van der Waals surface area contributed by atoms with Gasteiger partial charge in [-0.15, -0.1) is 5.10 Å². The fourth-order valence-corrected chi connectivity index (χ4v) is 3.23. The van der Waals surface area contributed by atoms with Gasteiger partial charge in [0.05, 0.1) is 4.90 Å². The van der Waals surface area contributed by atoms with Crippen molar-refractivity contribution < 1.29 is 4.39 Å². The molecular formula is C14H19FN4OS. The van der Waals surface area contributed by atoms with Crippen molar-refractivity contribution in [3.05, 3.63) is 40.1 Å². The molecule has 21 heavy (non-hydrogen) atoms. The van der Waals surface area contributed by atoms with Crippen LogP contribution in [0, 0.1) is 5.82 Å². The third-order valence-corrected chi connectivity index (χ3v) is 4.38. The summed E-state index contributed by atoms with van der Waals surface area (Å²) in [5.74, 6) is -0.314. The highest BCUT2D eigenvalue weighted by Gasteiger charge is 2.19. The molecular weight excluding hydrogens is 291 g/mol. The summed E-state index contributed by atoms with van der Waals surface area (Å²) >= 11 is 1.17.